The van der Waals surface area contributed by atoms with Crippen molar-refractivity contribution >= 4 is 17.9 Å². The fourth-order valence-electron chi connectivity index (χ4n) is 2.44. The molecule has 1 aromatic rings. The van der Waals surface area contributed by atoms with Crippen LogP contribution in [0, 0.1) is 0 Å². The van der Waals surface area contributed by atoms with E-state index in [0.29, 0.717) is 11.1 Å². The molecule has 2 atom stereocenters. The number of carbonyl (C=O) groups excluding carboxylic acids is 3. The van der Waals surface area contributed by atoms with Gasteiger partial charge in [0, 0.05) is 18.4 Å². The second kappa shape index (κ2) is 8.98. The highest BCUT2D eigenvalue weighted by Crippen LogP contribution is 2.25. The number of methoxy groups -OCH3 is 2. The second-order valence-corrected chi connectivity index (χ2v) is 5.40. The molecule has 0 saturated heterocycles. The van der Waals surface area contributed by atoms with Gasteiger partial charge in [0.1, 0.15) is 12.7 Å². The Morgan fingerprint density at radius 2 is 1.72 bits per heavy atom. The molecule has 0 spiro atoms. The average molecular weight is 348 g/mol. The van der Waals surface area contributed by atoms with Gasteiger partial charge in [-0.25, -0.2) is 14.4 Å². The largest absolute Gasteiger partial charge is 0.467 e. The van der Waals surface area contributed by atoms with E-state index in [1.165, 1.54) is 14.2 Å². The Balaban J connectivity index is 2.09. The Bertz CT molecular complexity index is 651. The molecule has 2 rings (SSSR count). The molecule has 25 heavy (non-hydrogen) atoms. The smallest absolute Gasteiger partial charge is 0.338 e. The van der Waals surface area contributed by atoms with E-state index in [-0.39, 0.29) is 19.4 Å². The first-order valence-electron chi connectivity index (χ1n) is 7.77. The lowest BCUT2D eigenvalue weighted by molar-refractivity contribution is -0.151. The fraction of sp³-hybridized carbons (Fsp3) is 0.389. The summed E-state index contributed by atoms with van der Waals surface area (Å²) in [7, 11) is 2.54. The predicted molar refractivity (Wildman–Crippen MR) is 86.7 cm³/mol. The van der Waals surface area contributed by atoms with Crippen LogP contribution in [0.2, 0.25) is 0 Å². The van der Waals surface area contributed by atoms with E-state index in [2.05, 4.69) is 4.74 Å². The molecule has 1 aromatic carbocycles. The van der Waals surface area contributed by atoms with Gasteiger partial charge in [0.25, 0.3) is 0 Å². The SMILES string of the molecule is COC(=O)CO[C@@H]1CC(C(=O)OC)=CC[C@H]1OC(=O)c1ccccc1. The van der Waals surface area contributed by atoms with Crippen molar-refractivity contribution < 1.29 is 33.3 Å². The summed E-state index contributed by atoms with van der Waals surface area (Å²) in [6, 6.07) is 8.55. The average Bonchev–Trinajstić information content (AvgIpc) is 2.66. The molecule has 0 N–H and O–H groups in total. The number of benzene rings is 1. The molecule has 0 fully saturated rings. The molecular weight excluding hydrogens is 328 g/mol. The number of rotatable bonds is 6. The van der Waals surface area contributed by atoms with Crippen LogP contribution >= 0.6 is 0 Å². The standard InChI is InChI=1S/C18H20O7/c1-22-16(19)11-24-15-10-13(17(20)23-2)8-9-14(15)25-18(21)12-6-4-3-5-7-12/h3-8,14-15H,9-11H2,1-2H3/t14-,15-/m1/s1. The Morgan fingerprint density at radius 1 is 1.00 bits per heavy atom. The van der Waals surface area contributed by atoms with E-state index in [0.717, 1.165) is 0 Å². The van der Waals surface area contributed by atoms with E-state index in [4.69, 9.17) is 14.2 Å². The molecule has 0 bridgehead atoms. The molecule has 0 heterocycles. The molecule has 0 unspecified atom stereocenters. The van der Waals surface area contributed by atoms with E-state index in [1.807, 2.05) is 0 Å². The van der Waals surface area contributed by atoms with Crippen molar-refractivity contribution in [1.82, 2.24) is 0 Å². The summed E-state index contributed by atoms with van der Waals surface area (Å²) in [6.45, 7) is -0.297. The maximum Gasteiger partial charge on any atom is 0.338 e. The zero-order chi connectivity index (χ0) is 18.2. The minimum atomic E-state index is -0.647. The zero-order valence-corrected chi connectivity index (χ0v) is 14.1. The van der Waals surface area contributed by atoms with E-state index >= 15 is 0 Å². The summed E-state index contributed by atoms with van der Waals surface area (Å²) >= 11 is 0. The van der Waals surface area contributed by atoms with Gasteiger partial charge >= 0.3 is 17.9 Å². The Morgan fingerprint density at radius 3 is 2.36 bits per heavy atom. The lowest BCUT2D eigenvalue weighted by Crippen LogP contribution is -2.38. The minimum absolute atomic E-state index is 0.177. The van der Waals surface area contributed by atoms with Crippen LogP contribution in [0.15, 0.2) is 42.0 Å². The molecule has 0 radical (unpaired) electrons. The summed E-state index contributed by atoms with van der Waals surface area (Å²) < 4.78 is 20.3. The number of hydrogen-bond donors (Lipinski definition) is 0. The number of hydrogen-bond acceptors (Lipinski definition) is 7. The van der Waals surface area contributed by atoms with Gasteiger partial charge in [-0.05, 0) is 12.1 Å². The van der Waals surface area contributed by atoms with Gasteiger partial charge in [-0.15, -0.1) is 0 Å². The Hall–Kier alpha value is -2.67. The molecule has 134 valence electrons. The number of ether oxygens (including phenoxy) is 4. The summed E-state index contributed by atoms with van der Waals surface area (Å²) in [6.07, 6.45) is 0.856. The van der Waals surface area contributed by atoms with Gasteiger partial charge in [-0.3, -0.25) is 0 Å². The van der Waals surface area contributed by atoms with Gasteiger partial charge in [0.2, 0.25) is 0 Å². The first-order valence-corrected chi connectivity index (χ1v) is 7.77. The molecule has 0 amide bonds. The Labute approximate surface area is 145 Å². The van der Waals surface area contributed by atoms with E-state index in [9.17, 15) is 14.4 Å². The van der Waals surface area contributed by atoms with E-state index < -0.39 is 30.1 Å². The monoisotopic (exact) mass is 348 g/mol. The van der Waals surface area contributed by atoms with Gasteiger partial charge in [0.05, 0.1) is 25.9 Å². The second-order valence-electron chi connectivity index (χ2n) is 5.40. The van der Waals surface area contributed by atoms with Crippen LogP contribution in [0.4, 0.5) is 0 Å². The fourth-order valence-corrected chi connectivity index (χ4v) is 2.44. The highest BCUT2D eigenvalue weighted by atomic mass is 16.6. The minimum Gasteiger partial charge on any atom is -0.467 e. The summed E-state index contributed by atoms with van der Waals surface area (Å²) in [5, 5.41) is 0. The third kappa shape index (κ3) is 5.15. The molecular formula is C18H20O7. The van der Waals surface area contributed by atoms with Crippen molar-refractivity contribution in [3.05, 3.63) is 47.5 Å². The maximum atomic E-state index is 12.2. The van der Waals surface area contributed by atoms with Crippen molar-refractivity contribution in [2.75, 3.05) is 20.8 Å². The lowest BCUT2D eigenvalue weighted by atomic mass is 9.94. The van der Waals surface area contributed by atoms with Gasteiger partial charge in [0.15, 0.2) is 0 Å². The zero-order valence-electron chi connectivity index (χ0n) is 14.1. The van der Waals surface area contributed by atoms with Crippen molar-refractivity contribution in [2.45, 2.75) is 25.0 Å². The molecule has 1 aliphatic rings. The molecule has 0 saturated carbocycles. The lowest BCUT2D eigenvalue weighted by Gasteiger charge is -2.30. The van der Waals surface area contributed by atoms with Crippen LogP contribution in [0.1, 0.15) is 23.2 Å². The number of carbonyl (C=O) groups is 3. The normalized spacial score (nSPS) is 19.5. The van der Waals surface area contributed by atoms with Gasteiger partial charge < -0.3 is 18.9 Å². The Kier molecular flexibility index (Phi) is 6.71. The maximum absolute atomic E-state index is 12.2. The predicted octanol–water partition coefficient (Wildman–Crippen LogP) is 1.66. The molecule has 0 aliphatic heterocycles. The molecule has 7 heteroatoms. The van der Waals surface area contributed by atoms with Gasteiger partial charge in [-0.1, -0.05) is 24.3 Å². The van der Waals surface area contributed by atoms with Crippen LogP contribution < -0.4 is 0 Å². The summed E-state index contributed by atoms with van der Waals surface area (Å²) in [4.78, 5) is 35.3. The molecule has 0 aromatic heterocycles. The summed E-state index contributed by atoms with van der Waals surface area (Å²) in [5.74, 6) is -1.52. The summed E-state index contributed by atoms with van der Waals surface area (Å²) in [5.41, 5.74) is 0.835. The third-order valence-corrected chi connectivity index (χ3v) is 3.79. The van der Waals surface area contributed by atoms with Crippen LogP contribution in [-0.2, 0) is 28.5 Å². The van der Waals surface area contributed by atoms with Crippen molar-refractivity contribution in [1.29, 1.82) is 0 Å². The van der Waals surface area contributed by atoms with Crippen molar-refractivity contribution in [3.63, 3.8) is 0 Å². The third-order valence-electron chi connectivity index (χ3n) is 3.79. The van der Waals surface area contributed by atoms with Crippen LogP contribution in [0.3, 0.4) is 0 Å². The van der Waals surface area contributed by atoms with Crippen LogP contribution in [-0.4, -0.2) is 50.9 Å². The van der Waals surface area contributed by atoms with Gasteiger partial charge in [-0.2, -0.15) is 0 Å². The van der Waals surface area contributed by atoms with Crippen molar-refractivity contribution in [3.8, 4) is 0 Å². The highest BCUT2D eigenvalue weighted by Gasteiger charge is 2.33. The first kappa shape index (κ1) is 18.7. The highest BCUT2D eigenvalue weighted by molar-refractivity contribution is 5.90. The van der Waals surface area contributed by atoms with Crippen LogP contribution in [0.25, 0.3) is 0 Å². The quantitative estimate of drug-likeness (QED) is 0.571. The van der Waals surface area contributed by atoms with E-state index in [1.54, 1.807) is 36.4 Å². The molecule has 7 nitrogen and oxygen atoms in total. The van der Waals surface area contributed by atoms with Crippen molar-refractivity contribution in [2.24, 2.45) is 0 Å². The molecule has 1 aliphatic carbocycles. The topological polar surface area (TPSA) is 88.1 Å². The number of esters is 3. The first-order chi connectivity index (χ1) is 12.0. The van der Waals surface area contributed by atoms with Crippen LogP contribution in [0.5, 0.6) is 0 Å².